The van der Waals surface area contributed by atoms with Crippen LogP contribution >= 0.6 is 0 Å². The Morgan fingerprint density at radius 2 is 1.53 bits per heavy atom. The Hall–Kier alpha value is -2.48. The molecule has 0 atom stereocenters. The van der Waals surface area contributed by atoms with Gasteiger partial charge in [-0.25, -0.2) is 0 Å². The molecule has 0 heterocycles. The molecule has 0 aliphatic carbocycles. The molecule has 2 heteroatoms. The van der Waals surface area contributed by atoms with Crippen LogP contribution in [0.25, 0.3) is 10.8 Å². The summed E-state index contributed by atoms with van der Waals surface area (Å²) in [6.07, 6.45) is 0.602. The number of rotatable bonds is 2. The van der Waals surface area contributed by atoms with E-state index in [0.717, 1.165) is 11.1 Å². The highest BCUT2D eigenvalue weighted by Crippen LogP contribution is 2.26. The standard InChI is InChI=1S/C17H14O2/c18-16-7-8-17(19)15(11-16)10-12-5-6-13-3-1-2-4-14(13)9-12/h1-9,11,18-19H,10H2. The quantitative estimate of drug-likeness (QED) is 0.678. The van der Waals surface area contributed by atoms with E-state index < -0.39 is 0 Å². The second-order valence-electron chi connectivity index (χ2n) is 4.67. The lowest BCUT2D eigenvalue weighted by molar-refractivity contribution is 0.455. The lowest BCUT2D eigenvalue weighted by Gasteiger charge is -2.07. The first-order chi connectivity index (χ1) is 9.22. The largest absolute Gasteiger partial charge is 0.508 e. The minimum Gasteiger partial charge on any atom is -0.508 e. The molecule has 0 spiro atoms. The van der Waals surface area contributed by atoms with Crippen LogP contribution in [-0.2, 0) is 6.42 Å². The molecule has 2 nitrogen and oxygen atoms in total. The van der Waals surface area contributed by atoms with Crippen molar-refractivity contribution < 1.29 is 10.2 Å². The van der Waals surface area contributed by atoms with E-state index in [1.165, 1.54) is 22.9 Å². The van der Waals surface area contributed by atoms with Gasteiger partial charge in [-0.3, -0.25) is 0 Å². The van der Waals surface area contributed by atoms with Crippen LogP contribution in [0.15, 0.2) is 60.7 Å². The van der Waals surface area contributed by atoms with E-state index >= 15 is 0 Å². The molecule has 94 valence electrons. The molecule has 3 rings (SSSR count). The van der Waals surface area contributed by atoms with Gasteiger partial charge in [0.15, 0.2) is 0 Å². The first kappa shape index (κ1) is 11.6. The van der Waals surface area contributed by atoms with Crippen molar-refractivity contribution in [3.05, 3.63) is 71.8 Å². The van der Waals surface area contributed by atoms with Crippen LogP contribution in [0.5, 0.6) is 11.5 Å². The molecule has 0 radical (unpaired) electrons. The number of hydrogen-bond donors (Lipinski definition) is 2. The van der Waals surface area contributed by atoms with Crippen molar-refractivity contribution >= 4 is 10.8 Å². The van der Waals surface area contributed by atoms with Gasteiger partial charge in [0, 0.05) is 12.0 Å². The Morgan fingerprint density at radius 3 is 2.37 bits per heavy atom. The molecule has 0 saturated carbocycles. The Labute approximate surface area is 111 Å². The summed E-state index contributed by atoms with van der Waals surface area (Å²) in [6.45, 7) is 0. The zero-order chi connectivity index (χ0) is 13.2. The van der Waals surface area contributed by atoms with Gasteiger partial charge in [-0.2, -0.15) is 0 Å². The van der Waals surface area contributed by atoms with Gasteiger partial charge in [0.05, 0.1) is 0 Å². The third kappa shape index (κ3) is 2.38. The van der Waals surface area contributed by atoms with Crippen LogP contribution in [0.4, 0.5) is 0 Å². The summed E-state index contributed by atoms with van der Waals surface area (Å²) in [6, 6.07) is 19.0. The molecule has 3 aromatic carbocycles. The first-order valence-corrected chi connectivity index (χ1v) is 6.21. The maximum Gasteiger partial charge on any atom is 0.119 e. The topological polar surface area (TPSA) is 40.5 Å². The summed E-state index contributed by atoms with van der Waals surface area (Å²) < 4.78 is 0. The van der Waals surface area contributed by atoms with Crippen LogP contribution in [0, 0.1) is 0 Å². The van der Waals surface area contributed by atoms with Crippen molar-refractivity contribution in [3.63, 3.8) is 0 Å². The lowest BCUT2D eigenvalue weighted by atomic mass is 10.0. The summed E-state index contributed by atoms with van der Waals surface area (Å²) in [7, 11) is 0. The van der Waals surface area contributed by atoms with Crippen LogP contribution in [0.2, 0.25) is 0 Å². The molecule has 0 aromatic heterocycles. The number of benzene rings is 3. The second-order valence-corrected chi connectivity index (χ2v) is 4.67. The zero-order valence-electron chi connectivity index (χ0n) is 10.4. The fourth-order valence-electron chi connectivity index (χ4n) is 2.28. The van der Waals surface area contributed by atoms with Gasteiger partial charge < -0.3 is 10.2 Å². The van der Waals surface area contributed by atoms with E-state index in [9.17, 15) is 10.2 Å². The first-order valence-electron chi connectivity index (χ1n) is 6.21. The molecule has 0 aliphatic rings. The Bertz CT molecular complexity index is 732. The lowest BCUT2D eigenvalue weighted by Crippen LogP contribution is -1.89. The Balaban J connectivity index is 1.98. The van der Waals surface area contributed by atoms with Crippen LogP contribution in [0.3, 0.4) is 0 Å². The maximum absolute atomic E-state index is 9.80. The van der Waals surface area contributed by atoms with Crippen molar-refractivity contribution in [2.75, 3.05) is 0 Å². The number of phenols is 2. The highest BCUT2D eigenvalue weighted by Gasteiger charge is 2.04. The molecule has 2 N–H and O–H groups in total. The van der Waals surface area contributed by atoms with Gasteiger partial charge in [-0.05, 0) is 34.5 Å². The molecule has 0 unspecified atom stereocenters. The van der Waals surface area contributed by atoms with Gasteiger partial charge in [-0.1, -0.05) is 42.5 Å². The van der Waals surface area contributed by atoms with E-state index in [2.05, 4.69) is 24.3 Å². The monoisotopic (exact) mass is 250 g/mol. The molecule has 0 amide bonds. The fourth-order valence-corrected chi connectivity index (χ4v) is 2.28. The summed E-state index contributed by atoms with van der Waals surface area (Å²) in [5, 5.41) is 21.7. The molecule has 0 fully saturated rings. The summed E-state index contributed by atoms with van der Waals surface area (Å²) in [5.41, 5.74) is 1.84. The molecule has 0 bridgehead atoms. The molecule has 19 heavy (non-hydrogen) atoms. The Morgan fingerprint density at radius 1 is 0.737 bits per heavy atom. The Kier molecular flexibility index (Phi) is 2.84. The fraction of sp³-hybridized carbons (Fsp3) is 0.0588. The van der Waals surface area contributed by atoms with E-state index in [4.69, 9.17) is 0 Å². The van der Waals surface area contributed by atoms with Crippen molar-refractivity contribution in [2.24, 2.45) is 0 Å². The highest BCUT2D eigenvalue weighted by atomic mass is 16.3. The van der Waals surface area contributed by atoms with E-state index in [0.29, 0.717) is 6.42 Å². The second kappa shape index (κ2) is 4.65. The third-order valence-electron chi connectivity index (χ3n) is 3.27. The van der Waals surface area contributed by atoms with Crippen molar-refractivity contribution in [2.45, 2.75) is 6.42 Å². The average Bonchev–Trinajstić information content (AvgIpc) is 2.43. The third-order valence-corrected chi connectivity index (χ3v) is 3.27. The predicted molar refractivity (Wildman–Crippen MR) is 76.5 cm³/mol. The molecule has 0 aliphatic heterocycles. The van der Waals surface area contributed by atoms with Gasteiger partial charge >= 0.3 is 0 Å². The number of hydrogen-bond acceptors (Lipinski definition) is 2. The molecule has 3 aromatic rings. The van der Waals surface area contributed by atoms with Crippen molar-refractivity contribution in [3.8, 4) is 11.5 Å². The number of fused-ring (bicyclic) bond motifs is 1. The molecular weight excluding hydrogens is 236 g/mol. The van der Waals surface area contributed by atoms with E-state index in [1.54, 1.807) is 6.07 Å². The van der Waals surface area contributed by atoms with Gasteiger partial charge in [0.2, 0.25) is 0 Å². The summed E-state index contributed by atoms with van der Waals surface area (Å²) in [4.78, 5) is 0. The van der Waals surface area contributed by atoms with Gasteiger partial charge in [0.25, 0.3) is 0 Å². The normalized spacial score (nSPS) is 10.7. The van der Waals surface area contributed by atoms with Gasteiger partial charge in [-0.15, -0.1) is 0 Å². The van der Waals surface area contributed by atoms with Crippen LogP contribution in [0.1, 0.15) is 11.1 Å². The SMILES string of the molecule is Oc1ccc(O)c(Cc2ccc3ccccc3c2)c1. The smallest absolute Gasteiger partial charge is 0.119 e. The predicted octanol–water partition coefficient (Wildman–Crippen LogP) is 3.84. The van der Waals surface area contributed by atoms with E-state index in [1.807, 2.05) is 18.2 Å². The van der Waals surface area contributed by atoms with Gasteiger partial charge in [0.1, 0.15) is 11.5 Å². The maximum atomic E-state index is 9.80. The minimum atomic E-state index is 0.175. The zero-order valence-corrected chi connectivity index (χ0v) is 10.4. The molecular formula is C17H14O2. The van der Waals surface area contributed by atoms with Crippen LogP contribution in [-0.4, -0.2) is 10.2 Å². The van der Waals surface area contributed by atoms with Crippen molar-refractivity contribution in [1.29, 1.82) is 0 Å². The summed E-state index contributed by atoms with van der Waals surface area (Å²) in [5.74, 6) is 0.388. The minimum absolute atomic E-state index is 0.175. The average molecular weight is 250 g/mol. The van der Waals surface area contributed by atoms with E-state index in [-0.39, 0.29) is 11.5 Å². The summed E-state index contributed by atoms with van der Waals surface area (Å²) >= 11 is 0. The number of phenolic OH excluding ortho intramolecular Hbond substituents is 2. The van der Waals surface area contributed by atoms with Crippen LogP contribution < -0.4 is 0 Å². The number of aromatic hydroxyl groups is 2. The van der Waals surface area contributed by atoms with Crippen molar-refractivity contribution in [1.82, 2.24) is 0 Å². The molecule has 0 saturated heterocycles. The highest BCUT2D eigenvalue weighted by molar-refractivity contribution is 5.83.